The molecule has 2 aromatic carbocycles. The quantitative estimate of drug-likeness (QED) is 0.276. The Labute approximate surface area is 196 Å². The van der Waals surface area contributed by atoms with E-state index in [9.17, 15) is 4.79 Å². The molecule has 0 atom stereocenters. The number of nitrogens with zero attached hydrogens (tertiary/aromatic N) is 1. The average Bonchev–Trinajstić information content (AvgIpc) is 2.71. The van der Waals surface area contributed by atoms with Crippen molar-refractivity contribution in [2.24, 2.45) is 10.9 Å². The standard InChI is InChI=1S/C23H32N4O2.HI/c1-16(2)22(28)27-20-9-7-18(8-10-20)15-26-23(24-4)25-13-12-19-14-17(3)6-11-21(19)29-5;/h6-11,14,16H,12-13,15H2,1-5H3,(H,27,28)(H2,24,25,26);1H. The average molecular weight is 524 g/mol. The number of amides is 1. The number of nitrogens with one attached hydrogen (secondary N) is 3. The summed E-state index contributed by atoms with van der Waals surface area (Å²) in [6, 6.07) is 14.0. The van der Waals surface area contributed by atoms with Crippen molar-refractivity contribution in [1.82, 2.24) is 10.6 Å². The van der Waals surface area contributed by atoms with Crippen molar-refractivity contribution in [2.75, 3.05) is 26.0 Å². The number of aliphatic imine (C=N–C) groups is 1. The van der Waals surface area contributed by atoms with Gasteiger partial charge in [-0.1, -0.05) is 43.7 Å². The molecule has 1 amide bonds. The zero-order chi connectivity index (χ0) is 21.2. The molecule has 6 nitrogen and oxygen atoms in total. The van der Waals surface area contributed by atoms with Gasteiger partial charge in [-0.05, 0) is 42.7 Å². The lowest BCUT2D eigenvalue weighted by molar-refractivity contribution is -0.118. The number of carbonyl (C=O) groups excluding carboxylic acids is 1. The number of carbonyl (C=O) groups is 1. The summed E-state index contributed by atoms with van der Waals surface area (Å²) < 4.78 is 5.44. The highest BCUT2D eigenvalue weighted by molar-refractivity contribution is 14.0. The molecule has 0 spiro atoms. The fraction of sp³-hybridized carbons (Fsp3) is 0.391. The van der Waals surface area contributed by atoms with Crippen molar-refractivity contribution in [3.05, 3.63) is 59.2 Å². The van der Waals surface area contributed by atoms with Gasteiger partial charge in [0.15, 0.2) is 5.96 Å². The van der Waals surface area contributed by atoms with Crippen LogP contribution in [0.25, 0.3) is 0 Å². The number of methoxy groups -OCH3 is 1. The monoisotopic (exact) mass is 524 g/mol. The van der Waals surface area contributed by atoms with E-state index in [1.807, 2.05) is 44.2 Å². The lowest BCUT2D eigenvalue weighted by atomic mass is 10.1. The minimum Gasteiger partial charge on any atom is -0.496 e. The van der Waals surface area contributed by atoms with Crippen LogP contribution in [0.4, 0.5) is 5.69 Å². The molecule has 2 rings (SSSR count). The van der Waals surface area contributed by atoms with Crippen molar-refractivity contribution in [1.29, 1.82) is 0 Å². The second-order valence-electron chi connectivity index (χ2n) is 7.26. The fourth-order valence-corrected chi connectivity index (χ4v) is 2.82. The van der Waals surface area contributed by atoms with Crippen LogP contribution in [-0.2, 0) is 17.8 Å². The molecule has 0 aliphatic carbocycles. The molecule has 0 saturated carbocycles. The molecule has 0 aromatic heterocycles. The second kappa shape index (κ2) is 13.1. The van der Waals surface area contributed by atoms with E-state index in [2.05, 4.69) is 40.0 Å². The molecule has 0 fully saturated rings. The molecule has 3 N–H and O–H groups in total. The van der Waals surface area contributed by atoms with Gasteiger partial charge in [0.25, 0.3) is 0 Å². The first-order valence-electron chi connectivity index (χ1n) is 9.90. The Bertz CT molecular complexity index is 836. The number of rotatable bonds is 8. The predicted octanol–water partition coefficient (Wildman–Crippen LogP) is 4.12. The summed E-state index contributed by atoms with van der Waals surface area (Å²) in [4.78, 5) is 16.0. The van der Waals surface area contributed by atoms with Crippen LogP contribution in [0.15, 0.2) is 47.5 Å². The maximum absolute atomic E-state index is 11.8. The molecule has 0 saturated heterocycles. The van der Waals surface area contributed by atoms with Crippen LogP contribution in [0.2, 0.25) is 0 Å². The van der Waals surface area contributed by atoms with Gasteiger partial charge in [-0.2, -0.15) is 0 Å². The zero-order valence-electron chi connectivity index (χ0n) is 18.4. The molecular weight excluding hydrogens is 491 g/mol. The maximum atomic E-state index is 11.8. The molecule has 0 radical (unpaired) electrons. The zero-order valence-corrected chi connectivity index (χ0v) is 20.7. The van der Waals surface area contributed by atoms with Crippen LogP contribution in [-0.4, -0.2) is 32.6 Å². The minimum atomic E-state index is -0.0366. The highest BCUT2D eigenvalue weighted by atomic mass is 127. The van der Waals surface area contributed by atoms with E-state index >= 15 is 0 Å². The largest absolute Gasteiger partial charge is 0.496 e. The number of halogens is 1. The second-order valence-corrected chi connectivity index (χ2v) is 7.26. The van der Waals surface area contributed by atoms with Gasteiger partial charge in [-0.3, -0.25) is 9.79 Å². The number of anilines is 1. The van der Waals surface area contributed by atoms with Crippen molar-refractivity contribution >= 4 is 41.5 Å². The third-order valence-corrected chi connectivity index (χ3v) is 4.55. The van der Waals surface area contributed by atoms with Gasteiger partial charge in [0.2, 0.25) is 5.91 Å². The normalized spacial score (nSPS) is 10.9. The molecule has 0 heterocycles. The smallest absolute Gasteiger partial charge is 0.226 e. The van der Waals surface area contributed by atoms with Gasteiger partial charge in [-0.25, -0.2) is 0 Å². The fourth-order valence-electron chi connectivity index (χ4n) is 2.82. The number of hydrogen-bond acceptors (Lipinski definition) is 3. The Morgan fingerprint density at radius 1 is 1.10 bits per heavy atom. The molecule has 0 bridgehead atoms. The molecule has 7 heteroatoms. The molecule has 0 aliphatic heterocycles. The summed E-state index contributed by atoms with van der Waals surface area (Å²) in [5.74, 6) is 1.63. The van der Waals surface area contributed by atoms with E-state index in [1.54, 1.807) is 14.2 Å². The minimum absolute atomic E-state index is 0. The van der Waals surface area contributed by atoms with Crippen molar-refractivity contribution in [3.63, 3.8) is 0 Å². The Hall–Kier alpha value is -2.29. The third kappa shape index (κ3) is 8.22. The Kier molecular flexibility index (Phi) is 11.2. The molecule has 30 heavy (non-hydrogen) atoms. The maximum Gasteiger partial charge on any atom is 0.226 e. The Morgan fingerprint density at radius 2 is 1.80 bits per heavy atom. The van der Waals surface area contributed by atoms with E-state index in [1.165, 1.54) is 11.1 Å². The van der Waals surface area contributed by atoms with Crippen LogP contribution in [0.5, 0.6) is 5.75 Å². The lowest BCUT2D eigenvalue weighted by Crippen LogP contribution is -2.37. The van der Waals surface area contributed by atoms with Gasteiger partial charge in [-0.15, -0.1) is 24.0 Å². The van der Waals surface area contributed by atoms with Crippen LogP contribution in [0.3, 0.4) is 0 Å². The van der Waals surface area contributed by atoms with Gasteiger partial charge in [0, 0.05) is 31.7 Å². The molecule has 0 unspecified atom stereocenters. The summed E-state index contributed by atoms with van der Waals surface area (Å²) in [6.07, 6.45) is 0.843. The van der Waals surface area contributed by atoms with Gasteiger partial charge in [0.05, 0.1) is 7.11 Å². The summed E-state index contributed by atoms with van der Waals surface area (Å²) in [5, 5.41) is 9.54. The van der Waals surface area contributed by atoms with E-state index in [0.29, 0.717) is 6.54 Å². The van der Waals surface area contributed by atoms with Crippen LogP contribution in [0, 0.1) is 12.8 Å². The first-order valence-corrected chi connectivity index (χ1v) is 9.90. The van der Waals surface area contributed by atoms with Crippen LogP contribution >= 0.6 is 24.0 Å². The number of guanidine groups is 1. The predicted molar refractivity (Wildman–Crippen MR) is 135 cm³/mol. The number of ether oxygens (including phenoxy) is 1. The summed E-state index contributed by atoms with van der Waals surface area (Å²) in [5.41, 5.74) is 4.31. The molecular formula is C23H33IN4O2. The highest BCUT2D eigenvalue weighted by Crippen LogP contribution is 2.19. The Morgan fingerprint density at radius 3 is 2.40 bits per heavy atom. The Balaban J connectivity index is 0.00000450. The van der Waals surface area contributed by atoms with Gasteiger partial charge in [0.1, 0.15) is 5.75 Å². The van der Waals surface area contributed by atoms with Gasteiger partial charge >= 0.3 is 0 Å². The molecule has 2 aromatic rings. The first kappa shape index (κ1) is 25.7. The summed E-state index contributed by atoms with van der Waals surface area (Å²) >= 11 is 0. The molecule has 164 valence electrons. The SMILES string of the molecule is CN=C(NCCc1cc(C)ccc1OC)NCc1ccc(NC(=O)C(C)C)cc1.I. The van der Waals surface area contributed by atoms with Crippen LogP contribution < -0.4 is 20.7 Å². The summed E-state index contributed by atoms with van der Waals surface area (Å²) in [7, 11) is 3.45. The van der Waals surface area contributed by atoms with Crippen LogP contribution in [0.1, 0.15) is 30.5 Å². The van der Waals surface area contributed by atoms with E-state index < -0.39 is 0 Å². The van der Waals surface area contributed by atoms with E-state index in [-0.39, 0.29) is 35.8 Å². The number of benzene rings is 2. The van der Waals surface area contributed by atoms with Crippen molar-refractivity contribution in [2.45, 2.75) is 33.7 Å². The first-order chi connectivity index (χ1) is 13.9. The molecule has 0 aliphatic rings. The highest BCUT2D eigenvalue weighted by Gasteiger charge is 2.07. The van der Waals surface area contributed by atoms with Crippen molar-refractivity contribution < 1.29 is 9.53 Å². The van der Waals surface area contributed by atoms with E-state index in [4.69, 9.17) is 4.74 Å². The third-order valence-electron chi connectivity index (χ3n) is 4.55. The topological polar surface area (TPSA) is 74.8 Å². The van der Waals surface area contributed by atoms with Gasteiger partial charge < -0.3 is 20.7 Å². The van der Waals surface area contributed by atoms with E-state index in [0.717, 1.165) is 35.9 Å². The van der Waals surface area contributed by atoms with Crippen molar-refractivity contribution in [3.8, 4) is 5.75 Å². The number of aryl methyl sites for hydroxylation is 1. The lowest BCUT2D eigenvalue weighted by Gasteiger charge is -2.14. The number of hydrogen-bond donors (Lipinski definition) is 3. The summed E-state index contributed by atoms with van der Waals surface area (Å²) in [6.45, 7) is 7.23.